The van der Waals surface area contributed by atoms with E-state index in [-0.39, 0.29) is 0 Å². The molecule has 7 aromatic carbocycles. The molecule has 0 spiro atoms. The lowest BCUT2D eigenvalue weighted by atomic mass is 10.0. The molecule has 204 valence electrons. The molecular formula is C41H30N2. The second-order valence-electron chi connectivity index (χ2n) is 11.1. The Bertz CT molecular complexity index is 2210. The number of hydrogen-bond donors (Lipinski definition) is 0. The van der Waals surface area contributed by atoms with E-state index in [0.29, 0.717) is 0 Å². The summed E-state index contributed by atoms with van der Waals surface area (Å²) < 4.78 is 2.31. The average Bonchev–Trinajstić information content (AvgIpc) is 3.35. The summed E-state index contributed by atoms with van der Waals surface area (Å²) in [6, 6.07) is 59.0. The molecular weight excluding hydrogens is 520 g/mol. The lowest BCUT2D eigenvalue weighted by molar-refractivity contribution is 1.02. The Morgan fingerprint density at radius 2 is 0.837 bits per heavy atom. The lowest BCUT2D eigenvalue weighted by Gasteiger charge is -2.26. The molecule has 0 bridgehead atoms. The van der Waals surface area contributed by atoms with Crippen molar-refractivity contribution in [1.29, 1.82) is 0 Å². The van der Waals surface area contributed by atoms with E-state index in [2.05, 4.69) is 180 Å². The highest BCUT2D eigenvalue weighted by molar-refractivity contribution is 6.13. The molecule has 8 rings (SSSR count). The van der Waals surface area contributed by atoms with E-state index in [1.807, 2.05) is 0 Å². The summed E-state index contributed by atoms with van der Waals surface area (Å²) in [5.41, 5.74) is 10.8. The monoisotopic (exact) mass is 550 g/mol. The number of rotatable bonds is 5. The minimum atomic E-state index is 1.13. The zero-order chi connectivity index (χ0) is 28.8. The number of aromatic nitrogens is 1. The maximum atomic E-state index is 2.35. The fraction of sp³-hybridized carbons (Fsp3) is 0.0244. The molecule has 1 aromatic heterocycles. The van der Waals surface area contributed by atoms with Gasteiger partial charge in [-0.05, 0) is 93.7 Å². The van der Waals surface area contributed by atoms with E-state index in [4.69, 9.17) is 0 Å². The highest BCUT2D eigenvalue weighted by atomic mass is 15.1. The van der Waals surface area contributed by atoms with E-state index in [0.717, 1.165) is 17.1 Å². The topological polar surface area (TPSA) is 8.17 Å². The SMILES string of the molecule is Cn1c2ccc(-c3ccc(N(c4ccccc4)c4ccc(-c5ccccc5)cc4)cc3)cc2c2cc3ccccc3cc21. The second-order valence-corrected chi connectivity index (χ2v) is 11.1. The maximum absolute atomic E-state index is 2.35. The van der Waals surface area contributed by atoms with Gasteiger partial charge in [0.25, 0.3) is 0 Å². The molecule has 43 heavy (non-hydrogen) atoms. The number of anilines is 3. The maximum Gasteiger partial charge on any atom is 0.0495 e. The van der Waals surface area contributed by atoms with Crippen molar-refractivity contribution in [2.24, 2.45) is 7.05 Å². The molecule has 0 aliphatic carbocycles. The Morgan fingerprint density at radius 3 is 1.49 bits per heavy atom. The molecule has 0 radical (unpaired) electrons. The van der Waals surface area contributed by atoms with Crippen LogP contribution in [0, 0.1) is 0 Å². The smallest absolute Gasteiger partial charge is 0.0495 e. The first-order chi connectivity index (χ1) is 21.2. The Labute approximate surface area is 251 Å². The van der Waals surface area contributed by atoms with Gasteiger partial charge in [-0.1, -0.05) is 103 Å². The van der Waals surface area contributed by atoms with Crippen molar-refractivity contribution in [3.05, 3.63) is 164 Å². The van der Waals surface area contributed by atoms with Gasteiger partial charge >= 0.3 is 0 Å². The van der Waals surface area contributed by atoms with Crippen LogP contribution in [0.25, 0.3) is 54.8 Å². The predicted molar refractivity (Wildman–Crippen MR) is 183 cm³/mol. The van der Waals surface area contributed by atoms with Gasteiger partial charge < -0.3 is 9.47 Å². The quantitative estimate of drug-likeness (QED) is 0.207. The summed E-state index contributed by atoms with van der Waals surface area (Å²) in [7, 11) is 2.17. The van der Waals surface area contributed by atoms with Crippen LogP contribution in [0.4, 0.5) is 17.1 Å². The fourth-order valence-electron chi connectivity index (χ4n) is 6.34. The van der Waals surface area contributed by atoms with Crippen LogP contribution in [-0.2, 0) is 7.05 Å². The number of aryl methyl sites for hydroxylation is 1. The van der Waals surface area contributed by atoms with E-state index in [9.17, 15) is 0 Å². The number of fused-ring (bicyclic) bond motifs is 4. The lowest BCUT2D eigenvalue weighted by Crippen LogP contribution is -2.09. The van der Waals surface area contributed by atoms with Gasteiger partial charge in [0.1, 0.15) is 0 Å². The number of benzene rings is 7. The van der Waals surface area contributed by atoms with Gasteiger partial charge in [0.05, 0.1) is 0 Å². The highest BCUT2D eigenvalue weighted by Crippen LogP contribution is 2.38. The summed E-state index contributed by atoms with van der Waals surface area (Å²) in [6.07, 6.45) is 0. The zero-order valence-corrected chi connectivity index (χ0v) is 24.0. The molecule has 0 N–H and O–H groups in total. The summed E-state index contributed by atoms with van der Waals surface area (Å²) in [5, 5.41) is 5.13. The summed E-state index contributed by atoms with van der Waals surface area (Å²) in [5.74, 6) is 0. The standard InChI is InChI=1S/C41H30N2/c1-42-40-25-20-34(27-38(40)39-26-32-12-8-9-13-33(32)28-41(39)42)31-18-23-37(24-19-31)43(35-14-6-3-7-15-35)36-21-16-30(17-22-36)29-10-4-2-5-11-29/h2-28H,1H3. The van der Waals surface area contributed by atoms with Crippen LogP contribution in [0.5, 0.6) is 0 Å². The Kier molecular flexibility index (Phi) is 6.05. The largest absolute Gasteiger partial charge is 0.344 e. The van der Waals surface area contributed by atoms with Crippen LogP contribution in [-0.4, -0.2) is 4.57 Å². The van der Waals surface area contributed by atoms with Gasteiger partial charge in [-0.3, -0.25) is 0 Å². The predicted octanol–water partition coefficient (Wildman–Crippen LogP) is 11.3. The summed E-state index contributed by atoms with van der Waals surface area (Å²) in [6.45, 7) is 0. The van der Waals surface area contributed by atoms with Gasteiger partial charge in [-0.25, -0.2) is 0 Å². The van der Waals surface area contributed by atoms with Crippen LogP contribution in [0.15, 0.2) is 164 Å². The van der Waals surface area contributed by atoms with Crippen molar-refractivity contribution in [2.75, 3.05) is 4.90 Å². The minimum absolute atomic E-state index is 1.13. The molecule has 0 atom stereocenters. The van der Waals surface area contributed by atoms with Crippen molar-refractivity contribution >= 4 is 49.6 Å². The van der Waals surface area contributed by atoms with Gasteiger partial charge in [0, 0.05) is 45.9 Å². The third kappa shape index (κ3) is 4.45. The molecule has 0 saturated carbocycles. The highest BCUT2D eigenvalue weighted by Gasteiger charge is 2.14. The van der Waals surface area contributed by atoms with Gasteiger partial charge in [-0.2, -0.15) is 0 Å². The second kappa shape index (κ2) is 10.3. The molecule has 2 nitrogen and oxygen atoms in total. The molecule has 2 heteroatoms. The molecule has 1 heterocycles. The minimum Gasteiger partial charge on any atom is -0.344 e. The van der Waals surface area contributed by atoms with Crippen molar-refractivity contribution < 1.29 is 0 Å². The fourth-order valence-corrected chi connectivity index (χ4v) is 6.34. The average molecular weight is 551 g/mol. The molecule has 0 saturated heterocycles. The molecule has 0 aliphatic heterocycles. The first-order valence-corrected chi connectivity index (χ1v) is 14.7. The summed E-state index contributed by atoms with van der Waals surface area (Å²) in [4.78, 5) is 2.32. The molecule has 0 amide bonds. The van der Waals surface area contributed by atoms with Gasteiger partial charge in [-0.15, -0.1) is 0 Å². The van der Waals surface area contributed by atoms with E-state index in [1.165, 1.54) is 54.8 Å². The third-order valence-electron chi connectivity index (χ3n) is 8.58. The molecule has 8 aromatic rings. The first kappa shape index (κ1) is 25.1. The van der Waals surface area contributed by atoms with Crippen molar-refractivity contribution in [1.82, 2.24) is 4.57 Å². The number of hydrogen-bond acceptors (Lipinski definition) is 1. The Hall–Kier alpha value is -5.60. The normalized spacial score (nSPS) is 11.4. The van der Waals surface area contributed by atoms with Crippen LogP contribution in [0.3, 0.4) is 0 Å². The number of nitrogens with zero attached hydrogens (tertiary/aromatic N) is 2. The van der Waals surface area contributed by atoms with E-state index in [1.54, 1.807) is 0 Å². The number of para-hydroxylation sites is 1. The van der Waals surface area contributed by atoms with Crippen molar-refractivity contribution in [3.63, 3.8) is 0 Å². The van der Waals surface area contributed by atoms with E-state index >= 15 is 0 Å². The van der Waals surface area contributed by atoms with Crippen LogP contribution in [0.2, 0.25) is 0 Å². The summed E-state index contributed by atoms with van der Waals surface area (Å²) >= 11 is 0. The molecule has 0 unspecified atom stereocenters. The van der Waals surface area contributed by atoms with Crippen LogP contribution >= 0.6 is 0 Å². The first-order valence-electron chi connectivity index (χ1n) is 14.7. The zero-order valence-electron chi connectivity index (χ0n) is 24.0. The molecule has 0 fully saturated rings. The van der Waals surface area contributed by atoms with E-state index < -0.39 is 0 Å². The third-order valence-corrected chi connectivity index (χ3v) is 8.58. The van der Waals surface area contributed by atoms with Gasteiger partial charge in [0.2, 0.25) is 0 Å². The van der Waals surface area contributed by atoms with Crippen molar-refractivity contribution in [3.8, 4) is 22.3 Å². The molecule has 0 aliphatic rings. The Balaban J connectivity index is 1.18. The Morgan fingerprint density at radius 1 is 0.372 bits per heavy atom. The van der Waals surface area contributed by atoms with Crippen LogP contribution < -0.4 is 4.90 Å². The van der Waals surface area contributed by atoms with Crippen molar-refractivity contribution in [2.45, 2.75) is 0 Å². The van der Waals surface area contributed by atoms with Crippen LogP contribution in [0.1, 0.15) is 0 Å². The van der Waals surface area contributed by atoms with Gasteiger partial charge in [0.15, 0.2) is 0 Å².